The molecular weight excluding hydrogens is 212 g/mol. The van der Waals surface area contributed by atoms with Gasteiger partial charge < -0.3 is 10.2 Å². The third kappa shape index (κ3) is 3.02. The summed E-state index contributed by atoms with van der Waals surface area (Å²) in [6, 6.07) is 0. The molecule has 1 aliphatic carbocycles. The Morgan fingerprint density at radius 3 is 2.67 bits per heavy atom. The molecule has 0 saturated carbocycles. The van der Waals surface area contributed by atoms with Gasteiger partial charge in [0.1, 0.15) is 5.25 Å². The van der Waals surface area contributed by atoms with Crippen molar-refractivity contribution >= 4 is 18.6 Å². The van der Waals surface area contributed by atoms with E-state index >= 15 is 0 Å². The molecule has 0 aromatic rings. The Morgan fingerprint density at radius 2 is 2.20 bits per heavy atom. The predicted molar refractivity (Wildman–Crippen MR) is 62.2 cm³/mol. The SMILES string of the molecule is CC1(C)CC(CC(S)C(=O)O)=CC=C1O. The summed E-state index contributed by atoms with van der Waals surface area (Å²) in [6.07, 6.45) is 4.53. The predicted octanol–water partition coefficient (Wildman–Crippen LogP) is 2.56. The maximum absolute atomic E-state index is 10.6. The van der Waals surface area contributed by atoms with Crippen LogP contribution < -0.4 is 0 Å². The van der Waals surface area contributed by atoms with Crippen LogP contribution in [0.2, 0.25) is 0 Å². The fourth-order valence-electron chi connectivity index (χ4n) is 1.62. The van der Waals surface area contributed by atoms with Gasteiger partial charge in [0.05, 0.1) is 5.76 Å². The van der Waals surface area contributed by atoms with E-state index in [0.29, 0.717) is 18.6 Å². The largest absolute Gasteiger partial charge is 0.512 e. The van der Waals surface area contributed by atoms with Gasteiger partial charge >= 0.3 is 5.97 Å². The van der Waals surface area contributed by atoms with Crippen LogP contribution in [0.4, 0.5) is 0 Å². The number of carbonyl (C=O) groups is 1. The smallest absolute Gasteiger partial charge is 0.316 e. The van der Waals surface area contributed by atoms with E-state index in [4.69, 9.17) is 5.11 Å². The maximum Gasteiger partial charge on any atom is 0.316 e. The van der Waals surface area contributed by atoms with E-state index in [0.717, 1.165) is 5.57 Å². The molecule has 0 fully saturated rings. The lowest BCUT2D eigenvalue weighted by Crippen LogP contribution is -2.21. The third-order valence-electron chi connectivity index (χ3n) is 2.58. The number of aliphatic hydroxyl groups is 1. The highest BCUT2D eigenvalue weighted by atomic mass is 32.1. The summed E-state index contributed by atoms with van der Waals surface area (Å²) in [5, 5.41) is 17.6. The molecule has 0 amide bonds. The van der Waals surface area contributed by atoms with Gasteiger partial charge in [0.25, 0.3) is 0 Å². The van der Waals surface area contributed by atoms with Crippen molar-refractivity contribution in [1.29, 1.82) is 0 Å². The zero-order valence-corrected chi connectivity index (χ0v) is 9.79. The second kappa shape index (κ2) is 4.31. The first-order valence-corrected chi connectivity index (χ1v) is 5.34. The molecule has 1 atom stereocenters. The summed E-state index contributed by atoms with van der Waals surface area (Å²) >= 11 is 3.99. The lowest BCUT2D eigenvalue weighted by atomic mass is 9.79. The quantitative estimate of drug-likeness (QED) is 0.651. The molecule has 2 N–H and O–H groups in total. The minimum absolute atomic E-state index is 0.296. The Bertz CT molecular complexity index is 329. The molecular formula is C11H16O3S. The first kappa shape index (κ1) is 12.2. The van der Waals surface area contributed by atoms with E-state index in [1.807, 2.05) is 13.8 Å². The van der Waals surface area contributed by atoms with Crippen molar-refractivity contribution in [3.05, 3.63) is 23.5 Å². The van der Waals surface area contributed by atoms with Crippen LogP contribution in [0, 0.1) is 5.41 Å². The zero-order chi connectivity index (χ0) is 11.6. The highest BCUT2D eigenvalue weighted by Crippen LogP contribution is 2.37. The van der Waals surface area contributed by atoms with Gasteiger partial charge in [0, 0.05) is 5.41 Å². The van der Waals surface area contributed by atoms with Crippen LogP contribution in [0.3, 0.4) is 0 Å². The van der Waals surface area contributed by atoms with Gasteiger partial charge in [-0.3, -0.25) is 4.79 Å². The molecule has 0 bridgehead atoms. The Morgan fingerprint density at radius 1 is 1.60 bits per heavy atom. The van der Waals surface area contributed by atoms with Crippen molar-refractivity contribution in [2.24, 2.45) is 5.41 Å². The molecule has 0 spiro atoms. The van der Waals surface area contributed by atoms with Crippen LogP contribution in [0.15, 0.2) is 23.5 Å². The number of allylic oxidation sites excluding steroid dienone is 4. The molecule has 1 unspecified atom stereocenters. The minimum Gasteiger partial charge on any atom is -0.512 e. The van der Waals surface area contributed by atoms with E-state index in [9.17, 15) is 9.90 Å². The Labute approximate surface area is 94.9 Å². The number of carboxylic acid groups (broad SMARTS) is 1. The van der Waals surface area contributed by atoms with E-state index in [1.165, 1.54) is 0 Å². The zero-order valence-electron chi connectivity index (χ0n) is 8.90. The maximum atomic E-state index is 10.6. The van der Waals surface area contributed by atoms with Crippen LogP contribution in [0.25, 0.3) is 0 Å². The lowest BCUT2D eigenvalue weighted by molar-refractivity contribution is -0.136. The molecule has 0 aliphatic heterocycles. The normalized spacial score (nSPS) is 21.5. The van der Waals surface area contributed by atoms with Crippen molar-refractivity contribution < 1.29 is 15.0 Å². The molecule has 4 heteroatoms. The van der Waals surface area contributed by atoms with Crippen LogP contribution >= 0.6 is 12.6 Å². The molecule has 0 aromatic carbocycles. The Hall–Kier alpha value is -0.900. The fourth-order valence-corrected chi connectivity index (χ4v) is 1.85. The fraction of sp³-hybridized carbons (Fsp3) is 0.545. The second-order valence-corrected chi connectivity index (χ2v) is 5.12. The van der Waals surface area contributed by atoms with Gasteiger partial charge in [-0.1, -0.05) is 25.5 Å². The molecule has 3 nitrogen and oxygen atoms in total. The van der Waals surface area contributed by atoms with Gasteiger partial charge in [-0.05, 0) is 18.9 Å². The van der Waals surface area contributed by atoms with Gasteiger partial charge in [0.15, 0.2) is 0 Å². The molecule has 1 rings (SSSR count). The number of hydrogen-bond acceptors (Lipinski definition) is 3. The average molecular weight is 228 g/mol. The average Bonchev–Trinajstić information content (AvgIpc) is 2.10. The van der Waals surface area contributed by atoms with E-state index < -0.39 is 11.2 Å². The van der Waals surface area contributed by atoms with E-state index in [2.05, 4.69) is 12.6 Å². The van der Waals surface area contributed by atoms with Crippen molar-refractivity contribution in [2.75, 3.05) is 0 Å². The van der Waals surface area contributed by atoms with Gasteiger partial charge in [-0.2, -0.15) is 12.6 Å². The molecule has 84 valence electrons. The molecule has 0 aromatic heterocycles. The number of thiol groups is 1. The summed E-state index contributed by atoms with van der Waals surface area (Å²) in [5.41, 5.74) is 0.719. The van der Waals surface area contributed by atoms with Crippen molar-refractivity contribution in [1.82, 2.24) is 0 Å². The minimum atomic E-state index is -0.907. The monoisotopic (exact) mass is 228 g/mol. The second-order valence-electron chi connectivity index (χ2n) is 4.50. The van der Waals surface area contributed by atoms with Crippen LogP contribution in [-0.2, 0) is 4.79 Å². The van der Waals surface area contributed by atoms with Crippen LogP contribution in [0.5, 0.6) is 0 Å². The van der Waals surface area contributed by atoms with Crippen molar-refractivity contribution in [2.45, 2.75) is 31.9 Å². The number of aliphatic hydroxyl groups excluding tert-OH is 1. The highest BCUT2D eigenvalue weighted by molar-refractivity contribution is 7.81. The number of carboxylic acids is 1. The lowest BCUT2D eigenvalue weighted by Gasteiger charge is -2.28. The number of hydrogen-bond donors (Lipinski definition) is 3. The third-order valence-corrected chi connectivity index (χ3v) is 2.98. The van der Waals surface area contributed by atoms with Gasteiger partial charge in [0.2, 0.25) is 0 Å². The summed E-state index contributed by atoms with van der Waals surface area (Å²) in [6.45, 7) is 3.86. The molecule has 1 aliphatic rings. The Kier molecular flexibility index (Phi) is 3.50. The van der Waals surface area contributed by atoms with E-state index in [1.54, 1.807) is 12.2 Å². The molecule has 15 heavy (non-hydrogen) atoms. The van der Waals surface area contributed by atoms with Crippen LogP contribution in [0.1, 0.15) is 26.7 Å². The number of rotatable bonds is 3. The summed E-state index contributed by atoms with van der Waals surface area (Å²) in [5.74, 6) is -0.562. The topological polar surface area (TPSA) is 57.5 Å². The first-order valence-electron chi connectivity index (χ1n) is 4.83. The van der Waals surface area contributed by atoms with Gasteiger partial charge in [-0.25, -0.2) is 0 Å². The van der Waals surface area contributed by atoms with Gasteiger partial charge in [-0.15, -0.1) is 0 Å². The summed E-state index contributed by atoms with van der Waals surface area (Å²) in [7, 11) is 0. The molecule has 0 heterocycles. The summed E-state index contributed by atoms with van der Waals surface area (Å²) < 4.78 is 0. The van der Waals surface area contributed by atoms with Crippen molar-refractivity contribution in [3.63, 3.8) is 0 Å². The van der Waals surface area contributed by atoms with Crippen LogP contribution in [-0.4, -0.2) is 21.4 Å². The van der Waals surface area contributed by atoms with E-state index in [-0.39, 0.29) is 5.41 Å². The molecule has 0 saturated heterocycles. The highest BCUT2D eigenvalue weighted by Gasteiger charge is 2.28. The molecule has 0 radical (unpaired) electrons. The first-order chi connectivity index (χ1) is 6.83. The van der Waals surface area contributed by atoms with Crippen molar-refractivity contribution in [3.8, 4) is 0 Å². The Balaban J connectivity index is 2.71. The standard InChI is InChI=1S/C11H16O3S/c1-11(2)6-7(3-4-9(11)12)5-8(15)10(13)14/h3-4,8,12,15H,5-6H2,1-2H3,(H,13,14). The summed E-state index contributed by atoms with van der Waals surface area (Å²) in [4.78, 5) is 10.6. The number of aliphatic carboxylic acids is 1.